The van der Waals surface area contributed by atoms with Gasteiger partial charge in [-0.15, -0.1) is 0 Å². The van der Waals surface area contributed by atoms with Crippen LogP contribution in [0.4, 0.5) is 5.82 Å². The van der Waals surface area contributed by atoms with Crippen molar-refractivity contribution in [3.05, 3.63) is 39.9 Å². The normalized spacial score (nSPS) is 14.8. The molecule has 2 aromatic heterocycles. The summed E-state index contributed by atoms with van der Waals surface area (Å²) in [5.41, 5.74) is 2.47. The second kappa shape index (κ2) is 5.23. The van der Waals surface area contributed by atoms with Gasteiger partial charge in [0.1, 0.15) is 0 Å². The monoisotopic (exact) mass is 335 g/mol. The molecule has 0 atom stereocenters. The molecule has 0 radical (unpaired) electrons. The minimum atomic E-state index is 0.716. The van der Waals surface area contributed by atoms with Crippen molar-refractivity contribution in [2.75, 3.05) is 4.72 Å². The number of anilines is 1. The summed E-state index contributed by atoms with van der Waals surface area (Å²) in [6, 6.07) is 5.92. The van der Waals surface area contributed by atoms with E-state index in [2.05, 4.69) is 21.0 Å². The largest absolute Gasteiger partial charge is 0.360 e. The molecule has 0 amide bonds. The van der Waals surface area contributed by atoms with Gasteiger partial charge in [0.15, 0.2) is 5.82 Å². The SMILES string of the molecule is Cc1snc(NSc2c[nH]c3cc(Cl)ccc23)c1C1CC1. The molecule has 0 unspecified atom stereocenters. The van der Waals surface area contributed by atoms with Gasteiger partial charge in [-0.05, 0) is 61.3 Å². The van der Waals surface area contributed by atoms with E-state index in [1.165, 1.54) is 28.7 Å². The zero-order valence-corrected chi connectivity index (χ0v) is 13.8. The van der Waals surface area contributed by atoms with Crippen molar-refractivity contribution in [1.29, 1.82) is 0 Å². The molecule has 21 heavy (non-hydrogen) atoms. The Morgan fingerprint density at radius 3 is 3.10 bits per heavy atom. The molecule has 1 aromatic carbocycles. The number of hydrogen-bond acceptors (Lipinski definition) is 4. The zero-order chi connectivity index (χ0) is 14.4. The van der Waals surface area contributed by atoms with Gasteiger partial charge in [-0.1, -0.05) is 17.7 Å². The molecule has 0 saturated heterocycles. The van der Waals surface area contributed by atoms with Crippen LogP contribution in [-0.2, 0) is 0 Å². The minimum Gasteiger partial charge on any atom is -0.360 e. The van der Waals surface area contributed by atoms with Gasteiger partial charge in [0.25, 0.3) is 0 Å². The number of nitrogens with zero attached hydrogens (tertiary/aromatic N) is 1. The smallest absolute Gasteiger partial charge is 0.153 e. The molecular weight excluding hydrogens is 322 g/mol. The summed E-state index contributed by atoms with van der Waals surface area (Å²) in [5, 5.41) is 1.93. The first kappa shape index (κ1) is 13.5. The van der Waals surface area contributed by atoms with Crippen molar-refractivity contribution in [2.24, 2.45) is 0 Å². The Bertz CT molecular complexity index is 804. The Hall–Kier alpha value is -1.17. The summed E-state index contributed by atoms with van der Waals surface area (Å²) in [5.74, 6) is 1.75. The lowest BCUT2D eigenvalue weighted by atomic mass is 10.2. The molecule has 1 aliphatic rings. The lowest BCUT2D eigenvalue weighted by Gasteiger charge is -2.04. The number of hydrogen-bond donors (Lipinski definition) is 2. The molecule has 0 spiro atoms. The van der Waals surface area contributed by atoms with Gasteiger partial charge in [0, 0.05) is 32.6 Å². The first-order chi connectivity index (χ1) is 10.2. The molecule has 6 heteroatoms. The predicted molar refractivity (Wildman–Crippen MR) is 91.6 cm³/mol. The maximum Gasteiger partial charge on any atom is 0.153 e. The van der Waals surface area contributed by atoms with E-state index < -0.39 is 0 Å². The quantitative estimate of drug-likeness (QED) is 0.611. The molecule has 2 heterocycles. The van der Waals surface area contributed by atoms with E-state index in [0.29, 0.717) is 5.92 Å². The van der Waals surface area contributed by atoms with E-state index in [1.54, 1.807) is 23.5 Å². The Kier molecular flexibility index (Phi) is 3.36. The fraction of sp³-hybridized carbons (Fsp3) is 0.267. The van der Waals surface area contributed by atoms with E-state index >= 15 is 0 Å². The highest BCUT2D eigenvalue weighted by Crippen LogP contribution is 2.46. The molecule has 1 fully saturated rings. The van der Waals surface area contributed by atoms with Crippen LogP contribution in [0.5, 0.6) is 0 Å². The van der Waals surface area contributed by atoms with Gasteiger partial charge in [0.05, 0.1) is 4.90 Å². The average molecular weight is 336 g/mol. The van der Waals surface area contributed by atoms with Gasteiger partial charge in [0.2, 0.25) is 0 Å². The fourth-order valence-corrected chi connectivity index (χ4v) is 4.30. The molecule has 0 aliphatic heterocycles. The zero-order valence-electron chi connectivity index (χ0n) is 11.4. The Labute approximate surface area is 136 Å². The van der Waals surface area contributed by atoms with Crippen LogP contribution < -0.4 is 4.72 Å². The standard InChI is InChI=1S/C15H14ClN3S2/c1-8-14(9-2-3-9)15(18-20-8)19-21-13-7-17-12-6-10(16)4-5-11(12)13/h4-7,9,17H,2-3H2,1H3,(H,18,19). The highest BCUT2D eigenvalue weighted by Gasteiger charge is 2.30. The number of halogens is 1. The predicted octanol–water partition coefficient (Wildman–Crippen LogP) is 5.58. The summed E-state index contributed by atoms with van der Waals surface area (Å²) < 4.78 is 7.98. The first-order valence-electron chi connectivity index (χ1n) is 6.88. The molecule has 0 bridgehead atoms. The number of aromatic amines is 1. The third-order valence-corrected chi connectivity index (χ3v) is 5.61. The van der Waals surface area contributed by atoms with E-state index in [-0.39, 0.29) is 0 Å². The molecule has 108 valence electrons. The van der Waals surface area contributed by atoms with Crippen LogP contribution in [0.15, 0.2) is 29.3 Å². The first-order valence-corrected chi connectivity index (χ1v) is 8.85. The molecule has 3 nitrogen and oxygen atoms in total. The minimum absolute atomic E-state index is 0.716. The van der Waals surface area contributed by atoms with Crippen molar-refractivity contribution in [3.8, 4) is 0 Å². The number of aromatic nitrogens is 2. The van der Waals surface area contributed by atoms with Crippen LogP contribution >= 0.6 is 35.1 Å². The number of H-pyrrole nitrogens is 1. The molecular formula is C15H14ClN3S2. The van der Waals surface area contributed by atoms with E-state index in [9.17, 15) is 0 Å². The average Bonchev–Trinajstić information content (AvgIpc) is 3.12. The van der Waals surface area contributed by atoms with E-state index in [4.69, 9.17) is 11.6 Å². The second-order valence-corrected chi connectivity index (χ2v) is 7.58. The van der Waals surface area contributed by atoms with Gasteiger partial charge in [-0.3, -0.25) is 0 Å². The lowest BCUT2D eigenvalue weighted by molar-refractivity contribution is 1.12. The van der Waals surface area contributed by atoms with Crippen LogP contribution in [0, 0.1) is 6.92 Å². The third kappa shape index (κ3) is 2.54. The van der Waals surface area contributed by atoms with Gasteiger partial charge in [-0.25, -0.2) is 0 Å². The molecule has 1 aliphatic carbocycles. The van der Waals surface area contributed by atoms with Crippen molar-refractivity contribution < 1.29 is 0 Å². The summed E-state index contributed by atoms with van der Waals surface area (Å²) in [4.78, 5) is 5.76. The maximum absolute atomic E-state index is 6.02. The Morgan fingerprint density at radius 1 is 1.43 bits per heavy atom. The van der Waals surface area contributed by atoms with E-state index in [1.807, 2.05) is 24.4 Å². The fourth-order valence-electron chi connectivity index (χ4n) is 2.57. The number of nitrogens with one attached hydrogen (secondary N) is 2. The number of rotatable bonds is 4. The third-order valence-electron chi connectivity index (χ3n) is 3.76. The van der Waals surface area contributed by atoms with Crippen molar-refractivity contribution in [3.63, 3.8) is 0 Å². The topological polar surface area (TPSA) is 40.7 Å². The van der Waals surface area contributed by atoms with Crippen LogP contribution in [-0.4, -0.2) is 9.36 Å². The van der Waals surface area contributed by atoms with E-state index in [0.717, 1.165) is 21.3 Å². The van der Waals surface area contributed by atoms with Gasteiger partial charge >= 0.3 is 0 Å². The summed E-state index contributed by atoms with van der Waals surface area (Å²) >= 11 is 9.21. The Balaban J connectivity index is 1.58. The summed E-state index contributed by atoms with van der Waals surface area (Å²) in [6.45, 7) is 2.16. The van der Waals surface area contributed by atoms with Crippen molar-refractivity contribution >= 4 is 51.8 Å². The van der Waals surface area contributed by atoms with Crippen LogP contribution in [0.25, 0.3) is 10.9 Å². The number of fused-ring (bicyclic) bond motifs is 1. The highest BCUT2D eigenvalue weighted by molar-refractivity contribution is 8.00. The van der Waals surface area contributed by atoms with Gasteiger partial charge < -0.3 is 9.71 Å². The van der Waals surface area contributed by atoms with Crippen LogP contribution in [0.1, 0.15) is 29.2 Å². The summed E-state index contributed by atoms with van der Waals surface area (Å²) in [7, 11) is 0. The number of aryl methyl sites for hydroxylation is 1. The summed E-state index contributed by atoms with van der Waals surface area (Å²) in [6.07, 6.45) is 4.60. The molecule has 1 saturated carbocycles. The molecule has 2 N–H and O–H groups in total. The molecule has 4 rings (SSSR count). The van der Waals surface area contributed by atoms with Crippen LogP contribution in [0.2, 0.25) is 5.02 Å². The van der Waals surface area contributed by atoms with Gasteiger partial charge in [-0.2, -0.15) is 4.37 Å². The second-order valence-electron chi connectivity index (χ2n) is 5.32. The van der Waals surface area contributed by atoms with Crippen molar-refractivity contribution in [2.45, 2.75) is 30.6 Å². The molecule has 3 aromatic rings. The Morgan fingerprint density at radius 2 is 2.29 bits per heavy atom. The number of benzene rings is 1. The van der Waals surface area contributed by atoms with Crippen molar-refractivity contribution in [1.82, 2.24) is 9.36 Å². The van der Waals surface area contributed by atoms with Crippen LogP contribution in [0.3, 0.4) is 0 Å². The highest BCUT2D eigenvalue weighted by atomic mass is 35.5. The maximum atomic E-state index is 6.02. The lowest BCUT2D eigenvalue weighted by Crippen LogP contribution is -1.91.